The van der Waals surface area contributed by atoms with Crippen LogP contribution < -0.4 is 10.2 Å². The first-order chi connectivity index (χ1) is 10.1. The van der Waals surface area contributed by atoms with Crippen molar-refractivity contribution in [1.29, 1.82) is 0 Å². The van der Waals surface area contributed by atoms with Gasteiger partial charge in [-0.15, -0.1) is 11.3 Å². The van der Waals surface area contributed by atoms with Gasteiger partial charge in [-0.05, 0) is 33.6 Å². The smallest absolute Gasteiger partial charge is 0.185 e. The van der Waals surface area contributed by atoms with Crippen LogP contribution in [-0.4, -0.2) is 29.3 Å². The Morgan fingerprint density at radius 3 is 2.71 bits per heavy atom. The molecule has 3 heterocycles. The Hall–Kier alpha value is -1.40. The van der Waals surface area contributed by atoms with Crippen LogP contribution in [0.2, 0.25) is 0 Å². The fraction of sp³-hybridized carbons (Fsp3) is 0.600. The van der Waals surface area contributed by atoms with E-state index in [0.717, 1.165) is 42.5 Å². The largest absolute Gasteiger partial charge is 0.361 e. The lowest BCUT2D eigenvalue weighted by molar-refractivity contribution is 0.371. The quantitative estimate of drug-likeness (QED) is 0.941. The van der Waals surface area contributed by atoms with Gasteiger partial charge in [0.15, 0.2) is 5.13 Å². The van der Waals surface area contributed by atoms with Crippen LogP contribution in [0.4, 0.5) is 5.13 Å². The van der Waals surface area contributed by atoms with Gasteiger partial charge in [0.25, 0.3) is 0 Å². The van der Waals surface area contributed by atoms with Crippen molar-refractivity contribution in [3.63, 3.8) is 0 Å². The monoisotopic (exact) mass is 306 g/mol. The molecule has 1 saturated heterocycles. The Labute approximate surface area is 129 Å². The van der Waals surface area contributed by atoms with Crippen molar-refractivity contribution in [1.82, 2.24) is 15.5 Å². The minimum absolute atomic E-state index is 0.285. The SMILES string of the molecule is Cc1noc(C)c1C(C)NC1CCN(c2nccs2)CC1. The highest BCUT2D eigenvalue weighted by molar-refractivity contribution is 7.13. The van der Waals surface area contributed by atoms with Crippen LogP contribution in [0.25, 0.3) is 0 Å². The van der Waals surface area contributed by atoms with Crippen molar-refractivity contribution < 1.29 is 4.52 Å². The molecule has 0 aromatic carbocycles. The number of hydrogen-bond acceptors (Lipinski definition) is 6. The number of aromatic nitrogens is 2. The molecule has 0 aliphatic carbocycles. The van der Waals surface area contributed by atoms with Crippen molar-refractivity contribution in [2.24, 2.45) is 0 Å². The van der Waals surface area contributed by atoms with Crippen molar-refractivity contribution >= 4 is 16.5 Å². The van der Waals surface area contributed by atoms with E-state index in [0.29, 0.717) is 6.04 Å². The van der Waals surface area contributed by atoms with Crippen molar-refractivity contribution in [2.75, 3.05) is 18.0 Å². The number of anilines is 1. The Bertz CT molecular complexity index is 553. The third-order valence-corrected chi connectivity index (χ3v) is 5.02. The number of rotatable bonds is 4. The topological polar surface area (TPSA) is 54.2 Å². The molecule has 114 valence electrons. The highest BCUT2D eigenvalue weighted by Gasteiger charge is 2.24. The zero-order chi connectivity index (χ0) is 14.8. The first-order valence-corrected chi connectivity index (χ1v) is 8.36. The van der Waals surface area contributed by atoms with E-state index in [2.05, 4.69) is 27.3 Å². The third kappa shape index (κ3) is 3.11. The summed E-state index contributed by atoms with van der Waals surface area (Å²) in [7, 11) is 0. The van der Waals surface area contributed by atoms with Crippen molar-refractivity contribution in [2.45, 2.75) is 45.7 Å². The molecule has 1 N–H and O–H groups in total. The van der Waals surface area contributed by atoms with Crippen LogP contribution in [0, 0.1) is 13.8 Å². The maximum Gasteiger partial charge on any atom is 0.185 e. The highest BCUT2D eigenvalue weighted by atomic mass is 32.1. The molecule has 1 aliphatic heterocycles. The van der Waals surface area contributed by atoms with Gasteiger partial charge in [-0.25, -0.2) is 4.98 Å². The fourth-order valence-electron chi connectivity index (χ4n) is 3.15. The van der Waals surface area contributed by atoms with E-state index in [1.165, 1.54) is 5.56 Å². The van der Waals surface area contributed by atoms with Crippen molar-refractivity contribution in [3.05, 3.63) is 28.6 Å². The summed E-state index contributed by atoms with van der Waals surface area (Å²) < 4.78 is 5.27. The van der Waals surface area contributed by atoms with Crippen LogP contribution in [-0.2, 0) is 0 Å². The summed E-state index contributed by atoms with van der Waals surface area (Å²) >= 11 is 1.72. The second-order valence-corrected chi connectivity index (χ2v) is 6.58. The minimum Gasteiger partial charge on any atom is -0.361 e. The summed E-state index contributed by atoms with van der Waals surface area (Å²) in [6, 6.07) is 0.831. The molecule has 1 fully saturated rings. The summed E-state index contributed by atoms with van der Waals surface area (Å²) in [6.07, 6.45) is 4.17. The second-order valence-electron chi connectivity index (χ2n) is 5.70. The number of piperidine rings is 1. The first kappa shape index (κ1) is 14.5. The molecule has 2 aromatic heterocycles. The molecule has 0 spiro atoms. The summed E-state index contributed by atoms with van der Waals surface area (Å²) in [5.41, 5.74) is 2.20. The van der Waals surface area contributed by atoms with Gasteiger partial charge in [-0.3, -0.25) is 0 Å². The molecule has 1 atom stereocenters. The normalized spacial score (nSPS) is 18.1. The zero-order valence-electron chi connectivity index (χ0n) is 12.8. The number of aryl methyl sites for hydroxylation is 2. The molecule has 0 bridgehead atoms. The second kappa shape index (κ2) is 6.15. The van der Waals surface area contributed by atoms with Crippen LogP contribution >= 0.6 is 11.3 Å². The maximum absolute atomic E-state index is 5.27. The van der Waals surface area contributed by atoms with Crippen LogP contribution in [0.15, 0.2) is 16.1 Å². The highest BCUT2D eigenvalue weighted by Crippen LogP contribution is 2.25. The number of hydrogen-bond donors (Lipinski definition) is 1. The Morgan fingerprint density at radius 2 is 2.14 bits per heavy atom. The summed E-state index contributed by atoms with van der Waals surface area (Å²) in [5.74, 6) is 0.924. The molecule has 2 aromatic rings. The van der Waals surface area contributed by atoms with Crippen LogP contribution in [0.1, 0.15) is 42.8 Å². The van der Waals surface area contributed by atoms with Gasteiger partial charge < -0.3 is 14.7 Å². The van der Waals surface area contributed by atoms with Gasteiger partial charge in [0.05, 0.1) is 5.69 Å². The molecule has 0 amide bonds. The standard InChI is InChI=1S/C15H22N4OS/c1-10(14-11(2)18-20-12(14)3)17-13-4-7-19(8-5-13)15-16-6-9-21-15/h6,9-10,13,17H,4-5,7-8H2,1-3H3. The fourth-order valence-corrected chi connectivity index (χ4v) is 3.85. The minimum atomic E-state index is 0.285. The van der Waals surface area contributed by atoms with E-state index in [-0.39, 0.29) is 6.04 Å². The molecule has 5 nitrogen and oxygen atoms in total. The molecule has 1 aliphatic rings. The van der Waals surface area contributed by atoms with Gasteiger partial charge in [0, 0.05) is 42.3 Å². The van der Waals surface area contributed by atoms with Crippen LogP contribution in [0.3, 0.4) is 0 Å². The number of nitrogens with zero attached hydrogens (tertiary/aromatic N) is 3. The lowest BCUT2D eigenvalue weighted by Crippen LogP contribution is -2.43. The number of nitrogens with one attached hydrogen (secondary N) is 1. The Kier molecular flexibility index (Phi) is 4.26. The number of thiazole rings is 1. The first-order valence-electron chi connectivity index (χ1n) is 7.48. The van der Waals surface area contributed by atoms with E-state index in [9.17, 15) is 0 Å². The molecule has 0 saturated carbocycles. The zero-order valence-corrected chi connectivity index (χ0v) is 13.6. The lowest BCUT2D eigenvalue weighted by atomic mass is 10.0. The molecular formula is C15H22N4OS. The molecule has 1 unspecified atom stereocenters. The average molecular weight is 306 g/mol. The molecule has 3 rings (SSSR count). The van der Waals surface area contributed by atoms with Crippen molar-refractivity contribution in [3.8, 4) is 0 Å². The third-order valence-electron chi connectivity index (χ3n) is 4.19. The summed E-state index contributed by atoms with van der Waals surface area (Å²) in [6.45, 7) is 8.33. The van der Waals surface area contributed by atoms with Gasteiger partial charge in [0.2, 0.25) is 0 Å². The predicted octanol–water partition coefficient (Wildman–Crippen LogP) is 3.07. The van der Waals surface area contributed by atoms with E-state index in [1.807, 2.05) is 25.4 Å². The maximum atomic E-state index is 5.27. The van der Waals surface area contributed by atoms with Gasteiger partial charge in [-0.1, -0.05) is 5.16 Å². The van der Waals surface area contributed by atoms with Gasteiger partial charge >= 0.3 is 0 Å². The molecular weight excluding hydrogens is 284 g/mol. The lowest BCUT2D eigenvalue weighted by Gasteiger charge is -2.33. The van der Waals surface area contributed by atoms with Gasteiger partial charge in [-0.2, -0.15) is 0 Å². The van der Waals surface area contributed by atoms with E-state index < -0.39 is 0 Å². The average Bonchev–Trinajstić information content (AvgIpc) is 3.10. The van der Waals surface area contributed by atoms with Crippen LogP contribution in [0.5, 0.6) is 0 Å². The molecule has 6 heteroatoms. The Balaban J connectivity index is 1.56. The van der Waals surface area contributed by atoms with E-state index in [4.69, 9.17) is 4.52 Å². The predicted molar refractivity (Wildman–Crippen MR) is 84.9 cm³/mol. The van der Waals surface area contributed by atoms with E-state index in [1.54, 1.807) is 11.3 Å². The Morgan fingerprint density at radius 1 is 1.38 bits per heavy atom. The molecule has 0 radical (unpaired) electrons. The van der Waals surface area contributed by atoms with Gasteiger partial charge in [0.1, 0.15) is 5.76 Å². The summed E-state index contributed by atoms with van der Waals surface area (Å²) in [4.78, 5) is 6.77. The van der Waals surface area contributed by atoms with E-state index >= 15 is 0 Å². The molecule has 21 heavy (non-hydrogen) atoms. The summed E-state index contributed by atoms with van der Waals surface area (Å²) in [5, 5.41) is 11.0.